The first-order valence-electron chi connectivity index (χ1n) is 7.25. The van der Waals surface area contributed by atoms with Crippen LogP contribution in [0.15, 0.2) is 18.2 Å². The Morgan fingerprint density at radius 3 is 2.95 bits per heavy atom. The SMILES string of the molecule is CNC1CCCc2cc(OCCC(=O)N(C)C)ccc21. The molecule has 0 aliphatic heterocycles. The summed E-state index contributed by atoms with van der Waals surface area (Å²) in [5, 5.41) is 3.36. The Morgan fingerprint density at radius 1 is 1.45 bits per heavy atom. The van der Waals surface area contributed by atoms with Crippen molar-refractivity contribution in [2.75, 3.05) is 27.7 Å². The second-order valence-corrected chi connectivity index (χ2v) is 5.48. The largest absolute Gasteiger partial charge is 0.493 e. The zero-order chi connectivity index (χ0) is 14.5. The molecule has 0 aromatic heterocycles. The Hall–Kier alpha value is -1.55. The van der Waals surface area contributed by atoms with Gasteiger partial charge in [-0.25, -0.2) is 0 Å². The molecule has 0 spiro atoms. The van der Waals surface area contributed by atoms with E-state index in [2.05, 4.69) is 17.4 Å². The summed E-state index contributed by atoms with van der Waals surface area (Å²) in [5.41, 5.74) is 2.75. The summed E-state index contributed by atoms with van der Waals surface area (Å²) in [6.45, 7) is 0.436. The molecule has 1 N–H and O–H groups in total. The molecular formula is C16H24N2O2. The Bertz CT molecular complexity index is 472. The Labute approximate surface area is 121 Å². The van der Waals surface area contributed by atoms with E-state index in [1.807, 2.05) is 13.1 Å². The van der Waals surface area contributed by atoms with Crippen LogP contribution in [0.2, 0.25) is 0 Å². The van der Waals surface area contributed by atoms with Gasteiger partial charge in [-0.15, -0.1) is 0 Å². The van der Waals surface area contributed by atoms with Crippen LogP contribution in [0.3, 0.4) is 0 Å². The van der Waals surface area contributed by atoms with Gasteiger partial charge >= 0.3 is 0 Å². The minimum atomic E-state index is 0.0956. The fourth-order valence-corrected chi connectivity index (χ4v) is 2.66. The molecule has 1 aliphatic carbocycles. The van der Waals surface area contributed by atoms with Crippen LogP contribution in [0, 0.1) is 0 Å². The van der Waals surface area contributed by atoms with E-state index in [0.717, 1.165) is 12.2 Å². The maximum atomic E-state index is 11.5. The van der Waals surface area contributed by atoms with Crippen LogP contribution >= 0.6 is 0 Å². The molecule has 0 bridgehead atoms. The number of hydrogen-bond acceptors (Lipinski definition) is 3. The average Bonchev–Trinajstić information content (AvgIpc) is 2.46. The van der Waals surface area contributed by atoms with Crippen LogP contribution < -0.4 is 10.1 Å². The van der Waals surface area contributed by atoms with Crippen molar-refractivity contribution in [1.82, 2.24) is 10.2 Å². The van der Waals surface area contributed by atoms with Gasteiger partial charge in [-0.2, -0.15) is 0 Å². The van der Waals surface area contributed by atoms with Gasteiger partial charge in [-0.3, -0.25) is 4.79 Å². The minimum Gasteiger partial charge on any atom is -0.493 e. The van der Waals surface area contributed by atoms with Crippen molar-refractivity contribution in [1.29, 1.82) is 0 Å². The highest BCUT2D eigenvalue weighted by Gasteiger charge is 2.18. The highest BCUT2D eigenvalue weighted by atomic mass is 16.5. The molecule has 1 atom stereocenters. The van der Waals surface area contributed by atoms with Crippen molar-refractivity contribution in [3.63, 3.8) is 0 Å². The predicted molar refractivity (Wildman–Crippen MR) is 80.0 cm³/mol. The van der Waals surface area contributed by atoms with Crippen molar-refractivity contribution >= 4 is 5.91 Å². The van der Waals surface area contributed by atoms with Gasteiger partial charge in [0.15, 0.2) is 0 Å². The van der Waals surface area contributed by atoms with Gasteiger partial charge in [-0.05, 0) is 49.6 Å². The standard InChI is InChI=1S/C16H24N2O2/c1-17-15-6-4-5-12-11-13(7-8-14(12)15)20-10-9-16(19)18(2)3/h7-8,11,15,17H,4-6,9-10H2,1-3H3. The third-order valence-electron chi connectivity index (χ3n) is 3.86. The number of carbonyl (C=O) groups excluding carboxylic acids is 1. The number of benzene rings is 1. The molecule has 0 fully saturated rings. The molecule has 1 unspecified atom stereocenters. The van der Waals surface area contributed by atoms with Crippen LogP contribution in [0.4, 0.5) is 0 Å². The molecule has 0 saturated heterocycles. The number of carbonyl (C=O) groups is 1. The van der Waals surface area contributed by atoms with E-state index in [1.165, 1.54) is 24.0 Å². The molecule has 1 amide bonds. The van der Waals surface area contributed by atoms with Gasteiger partial charge in [0.25, 0.3) is 0 Å². The molecule has 4 heteroatoms. The third kappa shape index (κ3) is 3.51. The number of ether oxygens (including phenoxy) is 1. The topological polar surface area (TPSA) is 41.6 Å². The van der Waals surface area contributed by atoms with Gasteiger partial charge in [0, 0.05) is 20.1 Å². The van der Waals surface area contributed by atoms with Crippen LogP contribution in [0.1, 0.15) is 36.4 Å². The number of aryl methyl sites for hydroxylation is 1. The van der Waals surface area contributed by atoms with E-state index in [9.17, 15) is 4.79 Å². The average molecular weight is 276 g/mol. The molecular weight excluding hydrogens is 252 g/mol. The normalized spacial score (nSPS) is 17.4. The van der Waals surface area contributed by atoms with Crippen LogP contribution in [-0.2, 0) is 11.2 Å². The Balaban J connectivity index is 1.96. The molecule has 0 radical (unpaired) electrons. The second kappa shape index (κ2) is 6.75. The van der Waals surface area contributed by atoms with Crippen molar-refractivity contribution < 1.29 is 9.53 Å². The lowest BCUT2D eigenvalue weighted by atomic mass is 9.87. The zero-order valence-electron chi connectivity index (χ0n) is 12.6. The van der Waals surface area contributed by atoms with Gasteiger partial charge in [0.1, 0.15) is 5.75 Å². The summed E-state index contributed by atoms with van der Waals surface area (Å²) in [6.07, 6.45) is 3.94. The quantitative estimate of drug-likeness (QED) is 0.896. The number of amides is 1. The lowest BCUT2D eigenvalue weighted by Gasteiger charge is -2.25. The predicted octanol–water partition coefficient (Wildman–Crippen LogP) is 2.14. The Kier molecular flexibility index (Phi) is 5.01. The van der Waals surface area contributed by atoms with E-state index >= 15 is 0 Å². The molecule has 0 heterocycles. The molecule has 1 aliphatic rings. The first-order chi connectivity index (χ1) is 9.61. The van der Waals surface area contributed by atoms with E-state index in [-0.39, 0.29) is 5.91 Å². The lowest BCUT2D eigenvalue weighted by molar-refractivity contribution is -0.129. The number of rotatable bonds is 5. The lowest BCUT2D eigenvalue weighted by Crippen LogP contribution is -2.23. The van der Waals surface area contributed by atoms with Gasteiger partial charge < -0.3 is 15.0 Å². The number of hydrogen-bond donors (Lipinski definition) is 1. The van der Waals surface area contributed by atoms with Gasteiger partial charge in [0.05, 0.1) is 13.0 Å². The smallest absolute Gasteiger partial charge is 0.225 e. The molecule has 20 heavy (non-hydrogen) atoms. The summed E-state index contributed by atoms with van der Waals surface area (Å²) >= 11 is 0. The highest BCUT2D eigenvalue weighted by Crippen LogP contribution is 2.31. The number of nitrogens with one attached hydrogen (secondary N) is 1. The van der Waals surface area contributed by atoms with Gasteiger partial charge in [0.2, 0.25) is 5.91 Å². The molecule has 110 valence electrons. The zero-order valence-corrected chi connectivity index (χ0v) is 12.6. The second-order valence-electron chi connectivity index (χ2n) is 5.48. The fourth-order valence-electron chi connectivity index (χ4n) is 2.66. The van der Waals surface area contributed by atoms with Crippen molar-refractivity contribution in [2.45, 2.75) is 31.7 Å². The number of fused-ring (bicyclic) bond motifs is 1. The molecule has 2 rings (SSSR count). The minimum absolute atomic E-state index is 0.0956. The molecule has 0 saturated carbocycles. The fraction of sp³-hybridized carbons (Fsp3) is 0.562. The third-order valence-corrected chi connectivity index (χ3v) is 3.86. The maximum Gasteiger partial charge on any atom is 0.225 e. The molecule has 1 aromatic carbocycles. The first-order valence-corrected chi connectivity index (χ1v) is 7.25. The Morgan fingerprint density at radius 2 is 2.25 bits per heavy atom. The number of nitrogens with zero attached hydrogens (tertiary/aromatic N) is 1. The first kappa shape index (κ1) is 14.9. The van der Waals surface area contributed by atoms with Gasteiger partial charge in [-0.1, -0.05) is 6.07 Å². The molecule has 4 nitrogen and oxygen atoms in total. The van der Waals surface area contributed by atoms with E-state index < -0.39 is 0 Å². The summed E-state index contributed by atoms with van der Waals surface area (Å²) in [5.74, 6) is 0.963. The maximum absolute atomic E-state index is 11.5. The monoisotopic (exact) mass is 276 g/mol. The van der Waals surface area contributed by atoms with E-state index in [4.69, 9.17) is 4.74 Å². The molecule has 1 aromatic rings. The van der Waals surface area contributed by atoms with Crippen LogP contribution in [-0.4, -0.2) is 38.6 Å². The van der Waals surface area contributed by atoms with Crippen LogP contribution in [0.5, 0.6) is 5.75 Å². The van der Waals surface area contributed by atoms with Crippen molar-refractivity contribution in [3.8, 4) is 5.75 Å². The van der Waals surface area contributed by atoms with Crippen molar-refractivity contribution in [2.24, 2.45) is 0 Å². The van der Waals surface area contributed by atoms with Crippen molar-refractivity contribution in [3.05, 3.63) is 29.3 Å². The summed E-state index contributed by atoms with van der Waals surface area (Å²) in [4.78, 5) is 13.1. The summed E-state index contributed by atoms with van der Waals surface area (Å²) < 4.78 is 5.69. The highest BCUT2D eigenvalue weighted by molar-refractivity contribution is 5.75. The van der Waals surface area contributed by atoms with E-state index in [0.29, 0.717) is 19.1 Å². The summed E-state index contributed by atoms with van der Waals surface area (Å²) in [7, 11) is 5.54. The van der Waals surface area contributed by atoms with E-state index in [1.54, 1.807) is 19.0 Å². The summed E-state index contributed by atoms with van der Waals surface area (Å²) in [6, 6.07) is 6.75. The van der Waals surface area contributed by atoms with Crippen LogP contribution in [0.25, 0.3) is 0 Å².